The Bertz CT molecular complexity index is 403. The van der Waals surface area contributed by atoms with E-state index in [2.05, 4.69) is 9.72 Å². The molecule has 0 amide bonds. The zero-order valence-corrected chi connectivity index (χ0v) is 7.89. The summed E-state index contributed by atoms with van der Waals surface area (Å²) in [4.78, 5) is 14.0. The lowest BCUT2D eigenvalue weighted by Gasteiger charge is -2.10. The molecular formula is C6H6BF3N2O4. The second kappa shape index (κ2) is 4.14. The first-order valence-corrected chi connectivity index (χ1v) is 3.88. The minimum Gasteiger partial charge on any atom is -0.452 e. The second-order valence-corrected chi connectivity index (χ2v) is 2.69. The molecule has 0 aliphatic carbocycles. The molecule has 0 spiro atoms. The summed E-state index contributed by atoms with van der Waals surface area (Å²) in [5.74, 6) is 0. The number of methoxy groups -OCH3 is 1. The van der Waals surface area contributed by atoms with Crippen molar-refractivity contribution >= 4 is 18.8 Å². The molecular weight excluding hydrogens is 232 g/mol. The van der Waals surface area contributed by atoms with E-state index in [4.69, 9.17) is 10.0 Å². The molecule has 0 radical (unpaired) electrons. The van der Waals surface area contributed by atoms with Crippen LogP contribution in [0.3, 0.4) is 0 Å². The van der Waals surface area contributed by atoms with Crippen LogP contribution in [-0.4, -0.2) is 39.9 Å². The molecule has 0 aliphatic rings. The first kappa shape index (κ1) is 12.5. The van der Waals surface area contributed by atoms with Crippen molar-refractivity contribution in [1.29, 1.82) is 0 Å². The lowest BCUT2D eigenvalue weighted by Crippen LogP contribution is -2.38. The summed E-state index contributed by atoms with van der Waals surface area (Å²) < 4.78 is 41.7. The van der Waals surface area contributed by atoms with Crippen molar-refractivity contribution in [1.82, 2.24) is 9.55 Å². The van der Waals surface area contributed by atoms with Gasteiger partial charge in [-0.25, -0.2) is 14.3 Å². The Hall–Kier alpha value is -1.55. The number of alkyl halides is 3. The van der Waals surface area contributed by atoms with Gasteiger partial charge in [0.2, 0.25) is 0 Å². The number of hydrogen-bond acceptors (Lipinski definition) is 5. The Morgan fingerprint density at radius 3 is 2.50 bits per heavy atom. The molecule has 1 heterocycles. The van der Waals surface area contributed by atoms with E-state index < -0.39 is 30.7 Å². The van der Waals surface area contributed by atoms with Crippen molar-refractivity contribution in [2.24, 2.45) is 0 Å². The van der Waals surface area contributed by atoms with Gasteiger partial charge in [0.1, 0.15) is 11.9 Å². The maximum Gasteiger partial charge on any atom is 0.510 e. The predicted octanol–water partition coefficient (Wildman–Crippen LogP) is -0.804. The normalized spacial score (nSPS) is 11.4. The Morgan fingerprint density at radius 1 is 1.56 bits per heavy atom. The van der Waals surface area contributed by atoms with Crippen molar-refractivity contribution in [2.75, 3.05) is 7.11 Å². The number of carbonyl (C=O) groups is 1. The topological polar surface area (TPSA) is 84.6 Å². The molecule has 0 unspecified atom stereocenters. The fraction of sp³-hybridized carbons (Fsp3) is 0.333. The van der Waals surface area contributed by atoms with Crippen LogP contribution in [0.25, 0.3) is 0 Å². The predicted molar refractivity (Wildman–Crippen MR) is 44.9 cm³/mol. The van der Waals surface area contributed by atoms with E-state index in [0.29, 0.717) is 6.33 Å². The zero-order chi connectivity index (χ0) is 12.5. The third kappa shape index (κ3) is 2.17. The van der Waals surface area contributed by atoms with Crippen LogP contribution >= 0.6 is 0 Å². The average Bonchev–Trinajstić information content (AvgIpc) is 2.59. The van der Waals surface area contributed by atoms with Crippen molar-refractivity contribution in [3.05, 3.63) is 12.0 Å². The highest BCUT2D eigenvalue weighted by Gasteiger charge is 2.42. The van der Waals surface area contributed by atoms with Gasteiger partial charge in [0.15, 0.2) is 5.69 Å². The highest BCUT2D eigenvalue weighted by molar-refractivity contribution is 6.58. The van der Waals surface area contributed by atoms with Crippen LogP contribution in [0, 0.1) is 0 Å². The Kier molecular flexibility index (Phi) is 3.24. The van der Waals surface area contributed by atoms with E-state index >= 15 is 0 Å². The Labute approximate surface area is 87.4 Å². The number of hydrogen-bond donors (Lipinski definition) is 2. The van der Waals surface area contributed by atoms with Gasteiger partial charge in [0.05, 0.1) is 7.11 Å². The third-order valence-electron chi connectivity index (χ3n) is 1.68. The minimum absolute atomic E-state index is 0.0504. The summed E-state index contributed by atoms with van der Waals surface area (Å²) in [5, 5.41) is 17.3. The molecule has 1 rings (SSSR count). The highest BCUT2D eigenvalue weighted by Crippen LogP contribution is 2.28. The van der Waals surface area contributed by atoms with Crippen LogP contribution in [0.1, 0.15) is 5.69 Å². The van der Waals surface area contributed by atoms with Crippen molar-refractivity contribution in [3.63, 3.8) is 0 Å². The van der Waals surface area contributed by atoms with Gasteiger partial charge >= 0.3 is 19.4 Å². The van der Waals surface area contributed by atoms with Gasteiger partial charge in [-0.15, -0.1) is 0 Å². The lowest BCUT2D eigenvalue weighted by atomic mass is 9.84. The maximum absolute atomic E-state index is 12.5. The molecule has 88 valence electrons. The smallest absolute Gasteiger partial charge is 0.452 e. The molecule has 0 saturated heterocycles. The molecule has 2 N–H and O–H groups in total. The Morgan fingerprint density at radius 2 is 2.12 bits per heavy atom. The van der Waals surface area contributed by atoms with Gasteiger partial charge in [0.25, 0.3) is 0 Å². The molecule has 0 fully saturated rings. The van der Waals surface area contributed by atoms with Gasteiger partial charge in [0, 0.05) is 0 Å². The molecule has 0 aromatic carbocycles. The highest BCUT2D eigenvalue weighted by atomic mass is 19.4. The quantitative estimate of drug-likeness (QED) is 0.625. The van der Waals surface area contributed by atoms with E-state index in [1.807, 2.05) is 0 Å². The molecule has 0 atom stereocenters. The zero-order valence-electron chi connectivity index (χ0n) is 7.89. The van der Waals surface area contributed by atoms with Crippen LogP contribution in [0.2, 0.25) is 0 Å². The first-order valence-electron chi connectivity index (χ1n) is 3.88. The molecule has 0 saturated carbocycles. The van der Waals surface area contributed by atoms with Gasteiger partial charge < -0.3 is 14.8 Å². The third-order valence-corrected chi connectivity index (χ3v) is 1.68. The average molecular weight is 238 g/mol. The van der Waals surface area contributed by atoms with E-state index in [0.717, 1.165) is 7.11 Å². The number of aromatic nitrogens is 2. The molecule has 1 aromatic heterocycles. The maximum atomic E-state index is 12.5. The number of nitrogens with zero attached hydrogens (tertiary/aromatic N) is 2. The second-order valence-electron chi connectivity index (χ2n) is 2.69. The van der Waals surface area contributed by atoms with E-state index in [-0.39, 0.29) is 4.57 Å². The van der Waals surface area contributed by atoms with Gasteiger partial charge in [-0.2, -0.15) is 13.2 Å². The van der Waals surface area contributed by atoms with Crippen LogP contribution in [0.15, 0.2) is 6.33 Å². The van der Waals surface area contributed by atoms with Crippen molar-refractivity contribution in [2.45, 2.75) is 6.18 Å². The van der Waals surface area contributed by atoms with Gasteiger partial charge in [-0.1, -0.05) is 0 Å². The SMILES string of the molecule is COC(=O)n1cnc(B(O)O)c1C(F)(F)F. The lowest BCUT2D eigenvalue weighted by molar-refractivity contribution is -0.142. The standard InChI is InChI=1S/C6H6BF3N2O4/c1-16-5(13)12-2-11-4(7(14)15)3(12)6(8,9)10/h2,14-15H,1H3. The molecule has 10 heteroatoms. The van der Waals surface area contributed by atoms with E-state index in [9.17, 15) is 18.0 Å². The van der Waals surface area contributed by atoms with Crippen LogP contribution in [0.5, 0.6) is 0 Å². The Balaban J connectivity index is 3.37. The van der Waals surface area contributed by atoms with Crippen molar-refractivity contribution < 1.29 is 32.8 Å². The molecule has 0 bridgehead atoms. The van der Waals surface area contributed by atoms with Crippen LogP contribution in [-0.2, 0) is 10.9 Å². The number of imidazole rings is 1. The summed E-state index contributed by atoms with van der Waals surface area (Å²) in [7, 11) is -1.54. The summed E-state index contributed by atoms with van der Waals surface area (Å²) in [5.41, 5.74) is -2.63. The number of carbonyl (C=O) groups excluding carboxylic acids is 1. The largest absolute Gasteiger partial charge is 0.510 e. The minimum atomic E-state index is -4.95. The molecule has 1 aromatic rings. The van der Waals surface area contributed by atoms with Crippen LogP contribution in [0.4, 0.5) is 18.0 Å². The molecule has 6 nitrogen and oxygen atoms in total. The monoisotopic (exact) mass is 238 g/mol. The van der Waals surface area contributed by atoms with Gasteiger partial charge in [-0.05, 0) is 0 Å². The number of ether oxygens (including phenoxy) is 1. The van der Waals surface area contributed by atoms with Crippen LogP contribution < -0.4 is 5.59 Å². The van der Waals surface area contributed by atoms with E-state index in [1.165, 1.54) is 0 Å². The fourth-order valence-electron chi connectivity index (χ4n) is 1.07. The van der Waals surface area contributed by atoms with E-state index in [1.54, 1.807) is 0 Å². The summed E-state index contributed by atoms with van der Waals surface area (Å²) in [6, 6.07) is 0. The first-order chi connectivity index (χ1) is 7.29. The fourth-order valence-corrected chi connectivity index (χ4v) is 1.07. The molecule has 0 aliphatic heterocycles. The van der Waals surface area contributed by atoms with Crippen molar-refractivity contribution in [3.8, 4) is 0 Å². The number of rotatable bonds is 1. The molecule has 16 heavy (non-hydrogen) atoms. The summed E-state index contributed by atoms with van der Waals surface area (Å²) in [6.45, 7) is 0. The van der Waals surface area contributed by atoms with Gasteiger partial charge in [-0.3, -0.25) is 0 Å². The summed E-state index contributed by atoms with van der Waals surface area (Å²) in [6.07, 6.45) is -5.78. The summed E-state index contributed by atoms with van der Waals surface area (Å²) >= 11 is 0. The number of halogens is 3.